The van der Waals surface area contributed by atoms with E-state index in [0.717, 1.165) is 6.54 Å². The lowest BCUT2D eigenvalue weighted by molar-refractivity contribution is 0.217. The Morgan fingerprint density at radius 2 is 1.95 bits per heavy atom. The lowest BCUT2D eigenvalue weighted by Crippen LogP contribution is -2.48. The van der Waals surface area contributed by atoms with Crippen molar-refractivity contribution in [1.82, 2.24) is 10.6 Å². The third kappa shape index (κ3) is 4.43. The van der Waals surface area contributed by atoms with Gasteiger partial charge >= 0.3 is 0 Å². The molecule has 4 nitrogen and oxygen atoms in total. The Hall–Kier alpha value is -0.130. The predicted molar refractivity (Wildman–Crippen MR) is 79.1 cm³/mol. The van der Waals surface area contributed by atoms with E-state index in [9.17, 15) is 8.42 Å². The zero-order chi connectivity index (χ0) is 13.7. The van der Waals surface area contributed by atoms with E-state index in [1.54, 1.807) is 6.92 Å². The van der Waals surface area contributed by atoms with E-state index in [1.807, 2.05) is 0 Å². The van der Waals surface area contributed by atoms with E-state index in [0.29, 0.717) is 24.5 Å². The normalized spacial score (nSPS) is 32.6. The van der Waals surface area contributed by atoms with Gasteiger partial charge in [-0.1, -0.05) is 19.8 Å². The van der Waals surface area contributed by atoms with Crippen molar-refractivity contribution >= 4 is 9.84 Å². The molecule has 0 aromatic carbocycles. The summed E-state index contributed by atoms with van der Waals surface area (Å²) in [6.45, 7) is 3.49. The predicted octanol–water partition coefficient (Wildman–Crippen LogP) is 1.32. The molecule has 1 heterocycles. The van der Waals surface area contributed by atoms with Gasteiger partial charge in [-0.05, 0) is 38.1 Å². The molecule has 0 radical (unpaired) electrons. The second-order valence-electron chi connectivity index (χ2n) is 5.95. The standard InChI is InChI=1S/C14H28N2O2S/c1-2-19(17,18)11-10-16-13-7-4-3-6-12(13)14-8-5-9-15-14/h12-16H,2-11H2,1H3. The maximum Gasteiger partial charge on any atom is 0.151 e. The van der Waals surface area contributed by atoms with E-state index in [1.165, 1.54) is 38.5 Å². The molecule has 1 saturated carbocycles. The van der Waals surface area contributed by atoms with Crippen LogP contribution in [-0.4, -0.2) is 45.1 Å². The number of rotatable bonds is 6. The van der Waals surface area contributed by atoms with Gasteiger partial charge in [-0.15, -0.1) is 0 Å². The molecule has 0 spiro atoms. The average molecular weight is 288 g/mol. The van der Waals surface area contributed by atoms with Crippen LogP contribution in [0.25, 0.3) is 0 Å². The summed E-state index contributed by atoms with van der Waals surface area (Å²) in [5.74, 6) is 1.23. The van der Waals surface area contributed by atoms with Crippen LogP contribution in [0.5, 0.6) is 0 Å². The number of sulfone groups is 1. The molecule has 3 unspecified atom stereocenters. The highest BCUT2D eigenvalue weighted by Gasteiger charge is 2.32. The quantitative estimate of drug-likeness (QED) is 0.774. The molecule has 3 atom stereocenters. The third-order valence-corrected chi connectivity index (χ3v) is 6.40. The van der Waals surface area contributed by atoms with Crippen molar-refractivity contribution in [3.63, 3.8) is 0 Å². The van der Waals surface area contributed by atoms with Crippen LogP contribution in [0.4, 0.5) is 0 Å². The smallest absolute Gasteiger partial charge is 0.151 e. The molecule has 0 amide bonds. The Balaban J connectivity index is 1.82. The molecule has 2 N–H and O–H groups in total. The molecule has 2 rings (SSSR count). The third-order valence-electron chi connectivity index (χ3n) is 4.69. The highest BCUT2D eigenvalue weighted by molar-refractivity contribution is 7.91. The van der Waals surface area contributed by atoms with Crippen molar-refractivity contribution < 1.29 is 8.42 Å². The summed E-state index contributed by atoms with van der Waals surface area (Å²) in [6, 6.07) is 1.16. The molecule has 1 saturated heterocycles. The van der Waals surface area contributed by atoms with Crippen LogP contribution in [-0.2, 0) is 9.84 Å². The van der Waals surface area contributed by atoms with Gasteiger partial charge < -0.3 is 10.6 Å². The first-order valence-corrected chi connectivity index (χ1v) is 9.62. The van der Waals surface area contributed by atoms with Crippen molar-refractivity contribution in [2.24, 2.45) is 5.92 Å². The van der Waals surface area contributed by atoms with Crippen LogP contribution in [0.3, 0.4) is 0 Å². The van der Waals surface area contributed by atoms with E-state index in [2.05, 4.69) is 10.6 Å². The second kappa shape index (κ2) is 7.04. The van der Waals surface area contributed by atoms with Gasteiger partial charge in [0.2, 0.25) is 0 Å². The Labute approximate surface area is 117 Å². The topological polar surface area (TPSA) is 58.2 Å². The zero-order valence-electron chi connectivity index (χ0n) is 12.0. The average Bonchev–Trinajstić information content (AvgIpc) is 2.93. The molecule has 112 valence electrons. The molecule has 2 aliphatic rings. The van der Waals surface area contributed by atoms with Gasteiger partial charge in [-0.25, -0.2) is 8.42 Å². The summed E-state index contributed by atoms with van der Waals surface area (Å²) in [5.41, 5.74) is 0. The van der Waals surface area contributed by atoms with Gasteiger partial charge in [0, 0.05) is 24.4 Å². The SMILES string of the molecule is CCS(=O)(=O)CCNC1CCCCC1C1CCCN1. The van der Waals surface area contributed by atoms with Crippen LogP contribution in [0.1, 0.15) is 45.4 Å². The highest BCUT2D eigenvalue weighted by atomic mass is 32.2. The van der Waals surface area contributed by atoms with Crippen LogP contribution in [0.15, 0.2) is 0 Å². The van der Waals surface area contributed by atoms with Crippen molar-refractivity contribution in [3.8, 4) is 0 Å². The molecular weight excluding hydrogens is 260 g/mol. The molecule has 0 aromatic heterocycles. The summed E-state index contributed by atoms with van der Waals surface area (Å²) in [4.78, 5) is 0. The fraction of sp³-hybridized carbons (Fsp3) is 1.00. The van der Waals surface area contributed by atoms with Crippen LogP contribution < -0.4 is 10.6 Å². The van der Waals surface area contributed by atoms with Gasteiger partial charge in [0.1, 0.15) is 0 Å². The number of nitrogens with one attached hydrogen (secondary N) is 2. The summed E-state index contributed by atoms with van der Waals surface area (Å²) in [6.07, 6.45) is 7.68. The van der Waals surface area contributed by atoms with Gasteiger partial charge in [0.15, 0.2) is 9.84 Å². The monoisotopic (exact) mass is 288 g/mol. The minimum Gasteiger partial charge on any atom is -0.314 e. The number of hydrogen-bond donors (Lipinski definition) is 2. The minimum atomic E-state index is -2.83. The minimum absolute atomic E-state index is 0.257. The maximum atomic E-state index is 11.5. The van der Waals surface area contributed by atoms with E-state index < -0.39 is 9.84 Å². The lowest BCUT2D eigenvalue weighted by Gasteiger charge is -2.36. The van der Waals surface area contributed by atoms with Crippen molar-refractivity contribution in [2.75, 3.05) is 24.6 Å². The number of hydrogen-bond acceptors (Lipinski definition) is 4. The fourth-order valence-electron chi connectivity index (χ4n) is 3.52. The summed E-state index contributed by atoms with van der Waals surface area (Å²) < 4.78 is 23.1. The molecule has 1 aliphatic carbocycles. The summed E-state index contributed by atoms with van der Waals surface area (Å²) >= 11 is 0. The van der Waals surface area contributed by atoms with Gasteiger partial charge in [-0.2, -0.15) is 0 Å². The molecule has 0 aromatic rings. The van der Waals surface area contributed by atoms with E-state index >= 15 is 0 Å². The summed E-state index contributed by atoms with van der Waals surface area (Å²) in [7, 11) is -2.83. The second-order valence-corrected chi connectivity index (χ2v) is 8.42. The fourth-order valence-corrected chi connectivity index (χ4v) is 4.23. The van der Waals surface area contributed by atoms with Crippen LogP contribution in [0.2, 0.25) is 0 Å². The van der Waals surface area contributed by atoms with Crippen molar-refractivity contribution in [1.29, 1.82) is 0 Å². The zero-order valence-corrected chi connectivity index (χ0v) is 12.8. The molecule has 0 bridgehead atoms. The van der Waals surface area contributed by atoms with Gasteiger partial charge in [0.25, 0.3) is 0 Å². The maximum absolute atomic E-state index is 11.5. The van der Waals surface area contributed by atoms with E-state index in [-0.39, 0.29) is 11.5 Å². The van der Waals surface area contributed by atoms with Crippen molar-refractivity contribution in [2.45, 2.75) is 57.5 Å². The molecule has 2 fully saturated rings. The molecule has 19 heavy (non-hydrogen) atoms. The molecular formula is C14H28N2O2S. The Morgan fingerprint density at radius 3 is 2.63 bits per heavy atom. The highest BCUT2D eigenvalue weighted by Crippen LogP contribution is 2.30. The first-order valence-electron chi connectivity index (χ1n) is 7.79. The largest absolute Gasteiger partial charge is 0.314 e. The lowest BCUT2D eigenvalue weighted by atomic mass is 9.79. The Bertz CT molecular complexity index is 364. The van der Waals surface area contributed by atoms with Crippen molar-refractivity contribution in [3.05, 3.63) is 0 Å². The van der Waals surface area contributed by atoms with Crippen LogP contribution >= 0.6 is 0 Å². The van der Waals surface area contributed by atoms with E-state index in [4.69, 9.17) is 0 Å². The summed E-state index contributed by atoms with van der Waals surface area (Å²) in [5, 5.41) is 7.14. The van der Waals surface area contributed by atoms with Gasteiger partial charge in [0.05, 0.1) is 5.75 Å². The Morgan fingerprint density at radius 1 is 1.16 bits per heavy atom. The van der Waals surface area contributed by atoms with Gasteiger partial charge in [-0.3, -0.25) is 0 Å². The molecule has 1 aliphatic heterocycles. The Kier molecular flexibility index (Phi) is 5.66. The first-order chi connectivity index (χ1) is 9.12. The first kappa shape index (κ1) is 15.3. The molecule has 5 heteroatoms. The van der Waals surface area contributed by atoms with Crippen LogP contribution in [0, 0.1) is 5.92 Å².